The molecular weight excluding hydrogens is 288 g/mol. The van der Waals surface area contributed by atoms with Crippen molar-refractivity contribution in [1.29, 1.82) is 0 Å². The van der Waals surface area contributed by atoms with Gasteiger partial charge in [-0.05, 0) is 12.8 Å². The average Bonchev–Trinajstić information content (AvgIpc) is 3.06. The largest absolute Gasteiger partial charge is 0.480 e. The van der Waals surface area contributed by atoms with E-state index in [-0.39, 0.29) is 18.4 Å². The van der Waals surface area contributed by atoms with Gasteiger partial charge in [0.05, 0.1) is 6.61 Å². The van der Waals surface area contributed by atoms with E-state index in [1.807, 2.05) is 9.80 Å². The molecule has 124 valence electrons. The molecule has 0 aliphatic carbocycles. The number of aliphatic carboxylic acids is 1. The Hall–Kier alpha value is -1.18. The second-order valence-corrected chi connectivity index (χ2v) is 6.34. The van der Waals surface area contributed by atoms with E-state index in [2.05, 4.69) is 0 Å². The van der Waals surface area contributed by atoms with Crippen molar-refractivity contribution in [2.45, 2.75) is 24.8 Å². The number of carbonyl (C=O) groups is 2. The minimum atomic E-state index is -0.895. The maximum absolute atomic E-state index is 12.5. The fraction of sp³-hybridized carbons (Fsp3) is 0.867. The van der Waals surface area contributed by atoms with Crippen LogP contribution in [0.4, 0.5) is 0 Å². The number of amides is 1. The summed E-state index contributed by atoms with van der Waals surface area (Å²) in [4.78, 5) is 28.0. The lowest BCUT2D eigenvalue weighted by atomic mass is 9.94. The van der Waals surface area contributed by atoms with Crippen molar-refractivity contribution in [2.75, 3.05) is 52.6 Å². The third-order valence-corrected chi connectivity index (χ3v) is 5.17. The fourth-order valence-electron chi connectivity index (χ4n) is 3.67. The number of rotatable bonds is 3. The summed E-state index contributed by atoms with van der Waals surface area (Å²) in [6.45, 7) is 4.47. The second-order valence-electron chi connectivity index (χ2n) is 6.34. The minimum absolute atomic E-state index is 0.0727. The Morgan fingerprint density at radius 1 is 1.00 bits per heavy atom. The summed E-state index contributed by atoms with van der Waals surface area (Å²) in [6.07, 6.45) is 2.12. The van der Waals surface area contributed by atoms with Crippen molar-refractivity contribution in [1.82, 2.24) is 9.80 Å². The van der Waals surface area contributed by atoms with Gasteiger partial charge in [-0.3, -0.25) is 14.5 Å². The van der Waals surface area contributed by atoms with Crippen molar-refractivity contribution in [2.24, 2.45) is 5.92 Å². The first-order valence-electron chi connectivity index (χ1n) is 8.06. The monoisotopic (exact) mass is 312 g/mol. The lowest BCUT2D eigenvalue weighted by Gasteiger charge is -2.43. The molecule has 3 saturated heterocycles. The Bertz CT molecular complexity index is 422. The molecular formula is C15H24N2O5. The van der Waals surface area contributed by atoms with Crippen LogP contribution in [0.1, 0.15) is 19.3 Å². The number of carboxylic acids is 1. The molecule has 3 fully saturated rings. The number of piperazine rings is 1. The zero-order valence-electron chi connectivity index (χ0n) is 12.8. The van der Waals surface area contributed by atoms with E-state index in [1.165, 1.54) is 0 Å². The Balaban J connectivity index is 1.57. The van der Waals surface area contributed by atoms with Crippen LogP contribution >= 0.6 is 0 Å². The molecule has 0 aromatic heterocycles. The number of hydrogen-bond donors (Lipinski definition) is 1. The molecule has 7 nitrogen and oxygen atoms in total. The Morgan fingerprint density at radius 3 is 2.23 bits per heavy atom. The Morgan fingerprint density at radius 2 is 1.68 bits per heavy atom. The average molecular weight is 312 g/mol. The van der Waals surface area contributed by atoms with E-state index in [0.717, 1.165) is 12.8 Å². The van der Waals surface area contributed by atoms with E-state index in [9.17, 15) is 14.7 Å². The lowest BCUT2D eigenvalue weighted by molar-refractivity contribution is -0.154. The molecule has 3 aliphatic heterocycles. The van der Waals surface area contributed by atoms with Crippen LogP contribution in [0.3, 0.4) is 0 Å². The highest BCUT2D eigenvalue weighted by Gasteiger charge is 2.48. The summed E-state index contributed by atoms with van der Waals surface area (Å²) in [7, 11) is 0. The number of ether oxygens (including phenoxy) is 2. The predicted molar refractivity (Wildman–Crippen MR) is 77.5 cm³/mol. The van der Waals surface area contributed by atoms with Gasteiger partial charge in [0, 0.05) is 58.3 Å². The van der Waals surface area contributed by atoms with Crippen LogP contribution in [0, 0.1) is 5.92 Å². The molecule has 3 aliphatic rings. The summed E-state index contributed by atoms with van der Waals surface area (Å²) in [5.41, 5.74) is -0.895. The van der Waals surface area contributed by atoms with E-state index >= 15 is 0 Å². The fourth-order valence-corrected chi connectivity index (χ4v) is 3.67. The Labute approximate surface area is 130 Å². The van der Waals surface area contributed by atoms with Crippen LogP contribution in [-0.4, -0.2) is 84.9 Å². The SMILES string of the molecule is O=C(C1CCOCC1)N1CCN(C2(C(=O)O)CCOC2)CC1. The van der Waals surface area contributed by atoms with Crippen LogP contribution in [0.5, 0.6) is 0 Å². The topological polar surface area (TPSA) is 79.3 Å². The van der Waals surface area contributed by atoms with Crippen LogP contribution in [0.25, 0.3) is 0 Å². The van der Waals surface area contributed by atoms with E-state index in [1.54, 1.807) is 0 Å². The van der Waals surface area contributed by atoms with Crippen LogP contribution < -0.4 is 0 Å². The summed E-state index contributed by atoms with van der Waals surface area (Å²) in [6, 6.07) is 0. The molecule has 1 atom stereocenters. The van der Waals surface area contributed by atoms with Crippen molar-refractivity contribution in [3.05, 3.63) is 0 Å². The smallest absolute Gasteiger partial charge is 0.326 e. The predicted octanol–water partition coefficient (Wildman–Crippen LogP) is -0.199. The quantitative estimate of drug-likeness (QED) is 0.777. The molecule has 0 saturated carbocycles. The summed E-state index contributed by atoms with van der Waals surface area (Å²) in [5, 5.41) is 9.58. The molecule has 1 N–H and O–H groups in total. The van der Waals surface area contributed by atoms with E-state index < -0.39 is 11.5 Å². The number of hydrogen-bond acceptors (Lipinski definition) is 5. The molecule has 0 radical (unpaired) electrons. The first kappa shape index (κ1) is 15.7. The molecule has 3 heterocycles. The first-order valence-corrected chi connectivity index (χ1v) is 8.06. The standard InChI is InChI=1S/C15H24N2O5/c18-13(12-1-8-21-9-2-12)16-4-6-17(7-5-16)15(14(19)20)3-10-22-11-15/h12H,1-11H2,(H,19,20). The summed E-state index contributed by atoms with van der Waals surface area (Å²) in [5.74, 6) is -0.534. The molecule has 1 amide bonds. The van der Waals surface area contributed by atoms with Crippen LogP contribution in [0.15, 0.2) is 0 Å². The van der Waals surface area contributed by atoms with Gasteiger partial charge in [0.1, 0.15) is 5.54 Å². The summed E-state index contributed by atoms with van der Waals surface area (Å²) >= 11 is 0. The van der Waals surface area contributed by atoms with Gasteiger partial charge >= 0.3 is 5.97 Å². The zero-order valence-corrected chi connectivity index (χ0v) is 12.8. The molecule has 3 rings (SSSR count). The van der Waals surface area contributed by atoms with Crippen molar-refractivity contribution >= 4 is 11.9 Å². The molecule has 0 aromatic carbocycles. The minimum Gasteiger partial charge on any atom is -0.480 e. The molecule has 0 bridgehead atoms. The van der Waals surface area contributed by atoms with Gasteiger partial charge in [-0.1, -0.05) is 0 Å². The molecule has 0 spiro atoms. The molecule has 0 aromatic rings. The molecule has 7 heteroatoms. The second kappa shape index (κ2) is 6.52. The summed E-state index contributed by atoms with van der Waals surface area (Å²) < 4.78 is 10.6. The van der Waals surface area contributed by atoms with Crippen molar-refractivity contribution in [3.63, 3.8) is 0 Å². The van der Waals surface area contributed by atoms with Crippen molar-refractivity contribution < 1.29 is 24.2 Å². The number of carbonyl (C=O) groups excluding carboxylic acids is 1. The van der Waals surface area contributed by atoms with Gasteiger partial charge in [0.2, 0.25) is 5.91 Å². The third-order valence-electron chi connectivity index (χ3n) is 5.17. The van der Waals surface area contributed by atoms with E-state index in [4.69, 9.17) is 9.47 Å². The maximum atomic E-state index is 12.5. The normalized spacial score (nSPS) is 31.4. The lowest BCUT2D eigenvalue weighted by Crippen LogP contribution is -2.62. The van der Waals surface area contributed by atoms with Crippen LogP contribution in [0.2, 0.25) is 0 Å². The highest BCUT2D eigenvalue weighted by molar-refractivity contribution is 5.80. The third kappa shape index (κ3) is 2.85. The number of carboxylic acid groups (broad SMARTS) is 1. The number of nitrogens with zero attached hydrogens (tertiary/aromatic N) is 2. The van der Waals surface area contributed by atoms with Gasteiger partial charge in [0.15, 0.2) is 0 Å². The van der Waals surface area contributed by atoms with Gasteiger partial charge in [0.25, 0.3) is 0 Å². The van der Waals surface area contributed by atoms with Gasteiger partial charge < -0.3 is 19.5 Å². The highest BCUT2D eigenvalue weighted by atomic mass is 16.5. The van der Waals surface area contributed by atoms with Gasteiger partial charge in [-0.2, -0.15) is 0 Å². The maximum Gasteiger partial charge on any atom is 0.326 e. The van der Waals surface area contributed by atoms with E-state index in [0.29, 0.717) is 52.4 Å². The first-order chi connectivity index (χ1) is 10.6. The Kier molecular flexibility index (Phi) is 4.65. The zero-order chi connectivity index (χ0) is 15.6. The van der Waals surface area contributed by atoms with Crippen molar-refractivity contribution in [3.8, 4) is 0 Å². The molecule has 22 heavy (non-hydrogen) atoms. The van der Waals surface area contributed by atoms with Gasteiger partial charge in [-0.15, -0.1) is 0 Å². The molecule has 1 unspecified atom stereocenters. The van der Waals surface area contributed by atoms with Crippen LogP contribution in [-0.2, 0) is 19.1 Å². The van der Waals surface area contributed by atoms with Gasteiger partial charge in [-0.25, -0.2) is 0 Å². The highest BCUT2D eigenvalue weighted by Crippen LogP contribution is 2.28.